The molecular formula is C28H27N5O2. The van der Waals surface area contributed by atoms with Crippen molar-refractivity contribution in [1.82, 2.24) is 24.8 Å². The molecule has 6 rings (SSSR count). The second-order valence-corrected chi connectivity index (χ2v) is 8.78. The number of ether oxygens (including phenoxy) is 2. The lowest BCUT2D eigenvalue weighted by atomic mass is 10.1. The molecule has 0 amide bonds. The Kier molecular flexibility index (Phi) is 6.09. The molecule has 7 nitrogen and oxygen atoms in total. The highest BCUT2D eigenvalue weighted by Crippen LogP contribution is 2.31. The summed E-state index contributed by atoms with van der Waals surface area (Å²) < 4.78 is 11.4. The van der Waals surface area contributed by atoms with Gasteiger partial charge in [0.25, 0.3) is 0 Å². The summed E-state index contributed by atoms with van der Waals surface area (Å²) in [5, 5.41) is 2.18. The van der Waals surface area contributed by atoms with Crippen LogP contribution in [0.3, 0.4) is 0 Å². The maximum atomic E-state index is 5.97. The van der Waals surface area contributed by atoms with Gasteiger partial charge >= 0.3 is 0 Å². The third kappa shape index (κ3) is 4.73. The van der Waals surface area contributed by atoms with E-state index in [-0.39, 0.29) is 0 Å². The number of fused-ring (bicyclic) bond motifs is 3. The Morgan fingerprint density at radius 3 is 2.60 bits per heavy atom. The number of rotatable bonds is 7. The van der Waals surface area contributed by atoms with Gasteiger partial charge in [-0.2, -0.15) is 0 Å². The molecule has 5 aromatic rings. The summed E-state index contributed by atoms with van der Waals surface area (Å²) in [5.74, 6) is 0.893. The first-order valence-electron chi connectivity index (χ1n) is 12.0. The minimum absolute atomic E-state index is 0.715. The van der Waals surface area contributed by atoms with Crippen molar-refractivity contribution in [3.63, 3.8) is 0 Å². The molecule has 1 aromatic carbocycles. The third-order valence-electron chi connectivity index (χ3n) is 6.47. The molecule has 0 saturated carbocycles. The minimum atomic E-state index is 0.715. The Bertz CT molecular complexity index is 1430. The summed E-state index contributed by atoms with van der Waals surface area (Å²) in [6.45, 7) is 5.48. The van der Waals surface area contributed by atoms with Gasteiger partial charge in [-0.15, -0.1) is 0 Å². The molecule has 35 heavy (non-hydrogen) atoms. The summed E-state index contributed by atoms with van der Waals surface area (Å²) in [6, 6.07) is 16.5. The second kappa shape index (κ2) is 9.82. The fraction of sp³-hybridized carbons (Fsp3) is 0.250. The van der Waals surface area contributed by atoms with E-state index < -0.39 is 0 Å². The topological polar surface area (TPSA) is 76.2 Å². The highest BCUT2D eigenvalue weighted by molar-refractivity contribution is 6.07. The smallest absolute Gasteiger partial charge is 0.138 e. The third-order valence-corrected chi connectivity index (χ3v) is 6.47. The lowest BCUT2D eigenvalue weighted by molar-refractivity contribution is 0.0358. The number of hydrogen-bond donors (Lipinski definition) is 1. The van der Waals surface area contributed by atoms with Gasteiger partial charge in [-0.3, -0.25) is 14.9 Å². The SMILES string of the molecule is c1cncc(-c2cc3c(cn2)[nH]c2ncc(-c4ccc(OCCCN5CCOCC5)cc4)cc23)c1. The van der Waals surface area contributed by atoms with E-state index in [1.54, 1.807) is 6.20 Å². The number of hydrogen-bond acceptors (Lipinski definition) is 6. The van der Waals surface area contributed by atoms with Crippen LogP contribution in [0.15, 0.2) is 73.3 Å². The standard InChI is InChI=1S/C28H27N5O2/c1-3-21(17-29-8-1)26-16-24-25-15-22(18-31-28(25)32-27(24)19-30-26)20-4-6-23(7-5-20)35-12-2-9-33-10-13-34-14-11-33/h1,3-8,15-19H,2,9-14H2,(H,31,32). The van der Waals surface area contributed by atoms with E-state index >= 15 is 0 Å². The van der Waals surface area contributed by atoms with E-state index in [9.17, 15) is 0 Å². The van der Waals surface area contributed by atoms with Crippen molar-refractivity contribution >= 4 is 21.9 Å². The zero-order chi connectivity index (χ0) is 23.5. The van der Waals surface area contributed by atoms with Crippen molar-refractivity contribution in [3.8, 4) is 28.1 Å². The predicted molar refractivity (Wildman–Crippen MR) is 137 cm³/mol. The van der Waals surface area contributed by atoms with E-state index in [2.05, 4.69) is 49.1 Å². The van der Waals surface area contributed by atoms with Gasteiger partial charge in [0.2, 0.25) is 0 Å². The Balaban J connectivity index is 1.18. The number of benzene rings is 1. The molecule has 1 aliphatic rings. The molecule has 5 heterocycles. The van der Waals surface area contributed by atoms with Gasteiger partial charge < -0.3 is 14.5 Å². The molecule has 1 saturated heterocycles. The van der Waals surface area contributed by atoms with Crippen LogP contribution < -0.4 is 4.74 Å². The fourth-order valence-electron chi connectivity index (χ4n) is 4.55. The summed E-state index contributed by atoms with van der Waals surface area (Å²) in [6.07, 6.45) is 8.39. The van der Waals surface area contributed by atoms with Crippen LogP contribution in [-0.4, -0.2) is 64.3 Å². The summed E-state index contributed by atoms with van der Waals surface area (Å²) in [7, 11) is 0. The van der Waals surface area contributed by atoms with Crippen LogP contribution in [0, 0.1) is 0 Å². The molecule has 1 aliphatic heterocycles. The average Bonchev–Trinajstić information content (AvgIpc) is 3.30. The first-order chi connectivity index (χ1) is 17.3. The number of aromatic amines is 1. The zero-order valence-electron chi connectivity index (χ0n) is 19.5. The van der Waals surface area contributed by atoms with Gasteiger partial charge in [-0.05, 0) is 48.4 Å². The molecule has 0 aliphatic carbocycles. The van der Waals surface area contributed by atoms with E-state index in [0.717, 1.165) is 89.3 Å². The lowest BCUT2D eigenvalue weighted by Crippen LogP contribution is -2.37. The average molecular weight is 466 g/mol. The number of nitrogens with one attached hydrogen (secondary N) is 1. The van der Waals surface area contributed by atoms with Crippen molar-refractivity contribution in [3.05, 3.63) is 73.3 Å². The van der Waals surface area contributed by atoms with Crippen molar-refractivity contribution in [1.29, 1.82) is 0 Å². The quantitative estimate of drug-likeness (QED) is 0.343. The summed E-state index contributed by atoms with van der Waals surface area (Å²) in [5.41, 5.74) is 5.89. The van der Waals surface area contributed by atoms with Gasteiger partial charge in [-0.25, -0.2) is 4.98 Å². The van der Waals surface area contributed by atoms with Gasteiger partial charge in [0.05, 0.1) is 37.2 Å². The lowest BCUT2D eigenvalue weighted by Gasteiger charge is -2.26. The summed E-state index contributed by atoms with van der Waals surface area (Å²) in [4.78, 5) is 19.3. The van der Waals surface area contributed by atoms with E-state index in [1.165, 1.54) is 0 Å². The fourth-order valence-corrected chi connectivity index (χ4v) is 4.55. The number of aromatic nitrogens is 4. The maximum Gasteiger partial charge on any atom is 0.138 e. The number of morpholine rings is 1. The largest absolute Gasteiger partial charge is 0.494 e. The highest BCUT2D eigenvalue weighted by atomic mass is 16.5. The van der Waals surface area contributed by atoms with E-state index in [4.69, 9.17) is 9.47 Å². The monoisotopic (exact) mass is 465 g/mol. The minimum Gasteiger partial charge on any atom is -0.494 e. The Labute approximate surface area is 203 Å². The van der Waals surface area contributed by atoms with Crippen molar-refractivity contribution in [2.75, 3.05) is 39.5 Å². The van der Waals surface area contributed by atoms with Crippen LogP contribution in [0.2, 0.25) is 0 Å². The van der Waals surface area contributed by atoms with Gasteiger partial charge in [0.15, 0.2) is 0 Å². The van der Waals surface area contributed by atoms with Crippen LogP contribution in [0.1, 0.15) is 6.42 Å². The Hall–Kier alpha value is -3.81. The summed E-state index contributed by atoms with van der Waals surface area (Å²) >= 11 is 0. The molecule has 1 N–H and O–H groups in total. The van der Waals surface area contributed by atoms with Crippen LogP contribution in [0.5, 0.6) is 5.75 Å². The molecule has 0 atom stereocenters. The Morgan fingerprint density at radius 2 is 1.77 bits per heavy atom. The molecule has 0 radical (unpaired) electrons. The Morgan fingerprint density at radius 1 is 0.886 bits per heavy atom. The normalized spacial score (nSPS) is 14.5. The molecule has 1 fully saturated rings. The molecule has 0 spiro atoms. The molecule has 0 bridgehead atoms. The predicted octanol–water partition coefficient (Wildman–Crippen LogP) is 4.94. The van der Waals surface area contributed by atoms with Gasteiger partial charge in [-0.1, -0.05) is 12.1 Å². The van der Waals surface area contributed by atoms with Crippen LogP contribution in [0.25, 0.3) is 44.3 Å². The highest BCUT2D eigenvalue weighted by Gasteiger charge is 2.11. The van der Waals surface area contributed by atoms with Crippen LogP contribution in [-0.2, 0) is 4.74 Å². The van der Waals surface area contributed by atoms with Crippen molar-refractivity contribution in [2.45, 2.75) is 6.42 Å². The van der Waals surface area contributed by atoms with Gasteiger partial charge in [0.1, 0.15) is 11.4 Å². The number of nitrogens with zero attached hydrogens (tertiary/aromatic N) is 4. The first-order valence-corrected chi connectivity index (χ1v) is 12.0. The first kappa shape index (κ1) is 21.7. The van der Waals surface area contributed by atoms with Crippen LogP contribution >= 0.6 is 0 Å². The molecular weight excluding hydrogens is 438 g/mol. The van der Waals surface area contributed by atoms with Crippen molar-refractivity contribution in [2.24, 2.45) is 0 Å². The maximum absolute atomic E-state index is 5.97. The van der Waals surface area contributed by atoms with E-state index in [0.29, 0.717) is 6.61 Å². The second-order valence-electron chi connectivity index (χ2n) is 8.78. The van der Waals surface area contributed by atoms with Crippen molar-refractivity contribution < 1.29 is 9.47 Å². The molecule has 176 valence electrons. The van der Waals surface area contributed by atoms with Gasteiger partial charge in [0, 0.05) is 60.1 Å². The van der Waals surface area contributed by atoms with E-state index in [1.807, 2.05) is 42.9 Å². The molecule has 7 heteroatoms. The number of pyridine rings is 3. The van der Waals surface area contributed by atoms with Crippen LogP contribution in [0.4, 0.5) is 0 Å². The molecule has 4 aromatic heterocycles. The molecule has 0 unspecified atom stereocenters. The number of H-pyrrole nitrogens is 1. The zero-order valence-corrected chi connectivity index (χ0v) is 19.5.